The van der Waals surface area contributed by atoms with Crippen LogP contribution in [0.25, 0.3) is 10.8 Å². The molecule has 8 heteroatoms. The molecular formula is C21H18N2O6. The molecule has 0 atom stereocenters. The Morgan fingerprint density at radius 2 is 1.76 bits per heavy atom. The molecule has 3 aromatic rings. The lowest BCUT2D eigenvalue weighted by Crippen LogP contribution is -2.21. The number of nitro groups is 1. The molecule has 0 aliphatic heterocycles. The Morgan fingerprint density at radius 1 is 1.07 bits per heavy atom. The molecule has 0 aliphatic rings. The van der Waals surface area contributed by atoms with Gasteiger partial charge in [0.05, 0.1) is 17.7 Å². The number of methoxy groups -OCH3 is 1. The molecule has 148 valence electrons. The molecule has 0 aliphatic carbocycles. The quantitative estimate of drug-likeness (QED) is 0.386. The number of nitrogens with zero attached hydrogens (tertiary/aromatic N) is 1. The number of amides is 1. The molecule has 8 nitrogen and oxygen atoms in total. The summed E-state index contributed by atoms with van der Waals surface area (Å²) in [6.07, 6.45) is 0. The van der Waals surface area contributed by atoms with Crippen LogP contribution in [0.3, 0.4) is 0 Å². The highest BCUT2D eigenvalue weighted by molar-refractivity contribution is 6.00. The van der Waals surface area contributed by atoms with Crippen molar-refractivity contribution in [2.24, 2.45) is 0 Å². The summed E-state index contributed by atoms with van der Waals surface area (Å²) in [5.41, 5.74) is 0.976. The number of benzene rings is 3. The molecule has 3 rings (SSSR count). The number of ether oxygens (including phenoxy) is 2. The zero-order valence-electron chi connectivity index (χ0n) is 15.8. The van der Waals surface area contributed by atoms with Crippen LogP contribution in [0.4, 0.5) is 11.4 Å². The summed E-state index contributed by atoms with van der Waals surface area (Å²) in [5, 5.41) is 15.1. The number of esters is 1. The molecule has 29 heavy (non-hydrogen) atoms. The number of anilines is 1. The topological polar surface area (TPSA) is 108 Å². The maximum Gasteiger partial charge on any atom is 0.342 e. The lowest BCUT2D eigenvalue weighted by Gasteiger charge is -2.11. The van der Waals surface area contributed by atoms with Gasteiger partial charge in [0.1, 0.15) is 11.3 Å². The molecule has 1 amide bonds. The van der Waals surface area contributed by atoms with Crippen LogP contribution in [0.15, 0.2) is 54.6 Å². The Bertz CT molecular complexity index is 1110. The van der Waals surface area contributed by atoms with Crippen molar-refractivity contribution in [1.29, 1.82) is 0 Å². The van der Waals surface area contributed by atoms with Crippen LogP contribution >= 0.6 is 0 Å². The smallest absolute Gasteiger partial charge is 0.342 e. The van der Waals surface area contributed by atoms with Crippen LogP contribution in [-0.2, 0) is 9.53 Å². The van der Waals surface area contributed by atoms with Crippen LogP contribution < -0.4 is 10.1 Å². The zero-order valence-corrected chi connectivity index (χ0v) is 15.8. The van der Waals surface area contributed by atoms with E-state index in [-0.39, 0.29) is 16.9 Å². The fraction of sp³-hybridized carbons (Fsp3) is 0.143. The first-order valence-corrected chi connectivity index (χ1v) is 8.68. The van der Waals surface area contributed by atoms with Gasteiger partial charge in [0, 0.05) is 12.1 Å². The van der Waals surface area contributed by atoms with Crippen LogP contribution in [0.5, 0.6) is 5.75 Å². The van der Waals surface area contributed by atoms with Crippen LogP contribution in [0.1, 0.15) is 15.9 Å². The lowest BCUT2D eigenvalue weighted by molar-refractivity contribution is -0.384. The summed E-state index contributed by atoms with van der Waals surface area (Å²) in [6, 6.07) is 14.9. The van der Waals surface area contributed by atoms with Crippen molar-refractivity contribution < 1.29 is 24.0 Å². The van der Waals surface area contributed by atoms with E-state index < -0.39 is 23.4 Å². The number of aryl methyl sites for hydroxylation is 1. The number of non-ortho nitro benzene ring substituents is 1. The van der Waals surface area contributed by atoms with E-state index in [4.69, 9.17) is 9.47 Å². The molecule has 0 saturated heterocycles. The third kappa shape index (κ3) is 4.49. The van der Waals surface area contributed by atoms with E-state index >= 15 is 0 Å². The highest BCUT2D eigenvalue weighted by Gasteiger charge is 2.17. The Labute approximate surface area is 166 Å². The fourth-order valence-electron chi connectivity index (χ4n) is 2.80. The molecule has 0 fully saturated rings. The first-order chi connectivity index (χ1) is 13.9. The predicted molar refractivity (Wildman–Crippen MR) is 107 cm³/mol. The summed E-state index contributed by atoms with van der Waals surface area (Å²) in [6.45, 7) is 1.15. The fourth-order valence-corrected chi connectivity index (χ4v) is 2.80. The normalized spacial score (nSPS) is 10.4. The standard InChI is InChI=1S/C21H18N2O6/c1-13-7-8-16(23(26)27)11-18(13)22-20(24)12-29-21(25)17-9-14-5-3-4-6-15(14)10-19(17)28-2/h3-11H,12H2,1-2H3,(H,22,24). The van der Waals surface area contributed by atoms with E-state index in [0.29, 0.717) is 11.3 Å². The average Bonchev–Trinajstić information content (AvgIpc) is 2.72. The second-order valence-electron chi connectivity index (χ2n) is 6.28. The molecule has 0 saturated carbocycles. The maximum atomic E-state index is 12.5. The van der Waals surface area contributed by atoms with Gasteiger partial charge in [-0.3, -0.25) is 14.9 Å². The van der Waals surface area contributed by atoms with Crippen molar-refractivity contribution in [3.63, 3.8) is 0 Å². The number of rotatable bonds is 6. The average molecular weight is 394 g/mol. The number of fused-ring (bicyclic) bond motifs is 1. The van der Waals surface area contributed by atoms with Gasteiger partial charge in [-0.1, -0.05) is 30.3 Å². The maximum absolute atomic E-state index is 12.5. The van der Waals surface area contributed by atoms with E-state index in [1.807, 2.05) is 24.3 Å². The van der Waals surface area contributed by atoms with Crippen molar-refractivity contribution in [3.8, 4) is 5.75 Å². The summed E-state index contributed by atoms with van der Waals surface area (Å²) in [4.78, 5) is 35.0. The molecule has 0 bridgehead atoms. The van der Waals surface area contributed by atoms with Gasteiger partial charge in [-0.25, -0.2) is 4.79 Å². The Morgan fingerprint density at radius 3 is 2.41 bits per heavy atom. The van der Waals surface area contributed by atoms with E-state index in [9.17, 15) is 19.7 Å². The van der Waals surface area contributed by atoms with Crippen molar-refractivity contribution >= 4 is 34.0 Å². The second kappa shape index (κ2) is 8.39. The van der Waals surface area contributed by atoms with Crippen molar-refractivity contribution in [2.75, 3.05) is 19.0 Å². The van der Waals surface area contributed by atoms with Gasteiger partial charge < -0.3 is 14.8 Å². The molecule has 0 heterocycles. The second-order valence-corrected chi connectivity index (χ2v) is 6.28. The molecule has 3 aromatic carbocycles. The highest BCUT2D eigenvalue weighted by atomic mass is 16.6. The minimum Gasteiger partial charge on any atom is -0.496 e. The zero-order chi connectivity index (χ0) is 21.0. The van der Waals surface area contributed by atoms with E-state index in [0.717, 1.165) is 10.8 Å². The van der Waals surface area contributed by atoms with Crippen molar-refractivity contribution in [2.45, 2.75) is 6.92 Å². The Kier molecular flexibility index (Phi) is 5.73. The number of carbonyl (C=O) groups excluding carboxylic acids is 2. The lowest BCUT2D eigenvalue weighted by atomic mass is 10.1. The van der Waals surface area contributed by atoms with Gasteiger partial charge in [-0.05, 0) is 35.4 Å². The van der Waals surface area contributed by atoms with Gasteiger partial charge in [0.25, 0.3) is 11.6 Å². The van der Waals surface area contributed by atoms with E-state index in [1.54, 1.807) is 19.1 Å². The van der Waals surface area contributed by atoms with Gasteiger partial charge in [0.15, 0.2) is 6.61 Å². The number of nitrogens with one attached hydrogen (secondary N) is 1. The van der Waals surface area contributed by atoms with E-state index in [1.165, 1.54) is 25.3 Å². The van der Waals surface area contributed by atoms with Crippen molar-refractivity contribution in [3.05, 3.63) is 75.8 Å². The number of carbonyl (C=O) groups is 2. The van der Waals surface area contributed by atoms with Crippen LogP contribution in [0, 0.1) is 17.0 Å². The van der Waals surface area contributed by atoms with Gasteiger partial charge >= 0.3 is 5.97 Å². The highest BCUT2D eigenvalue weighted by Crippen LogP contribution is 2.27. The summed E-state index contributed by atoms with van der Waals surface area (Å²) < 4.78 is 10.4. The van der Waals surface area contributed by atoms with Crippen LogP contribution in [-0.4, -0.2) is 30.5 Å². The first kappa shape index (κ1) is 19.8. The minimum atomic E-state index is -0.710. The van der Waals surface area contributed by atoms with E-state index in [2.05, 4.69) is 5.32 Å². The summed E-state index contributed by atoms with van der Waals surface area (Å²) in [7, 11) is 1.44. The third-order valence-corrected chi connectivity index (χ3v) is 4.33. The molecule has 1 N–H and O–H groups in total. The summed E-state index contributed by atoms with van der Waals surface area (Å²) in [5.74, 6) is -0.983. The molecule has 0 unspecified atom stereocenters. The number of hydrogen-bond acceptors (Lipinski definition) is 6. The third-order valence-electron chi connectivity index (χ3n) is 4.33. The Hall–Kier alpha value is -3.94. The summed E-state index contributed by atoms with van der Waals surface area (Å²) >= 11 is 0. The number of nitro benzene ring substituents is 1. The molecule has 0 aromatic heterocycles. The molecule has 0 radical (unpaired) electrons. The number of hydrogen-bond donors (Lipinski definition) is 1. The predicted octanol–water partition coefficient (Wildman–Crippen LogP) is 3.86. The minimum absolute atomic E-state index is 0.149. The van der Waals surface area contributed by atoms with Gasteiger partial charge in [-0.2, -0.15) is 0 Å². The monoisotopic (exact) mass is 394 g/mol. The Balaban J connectivity index is 1.71. The molecule has 0 spiro atoms. The largest absolute Gasteiger partial charge is 0.496 e. The van der Waals surface area contributed by atoms with Gasteiger partial charge in [0.2, 0.25) is 0 Å². The van der Waals surface area contributed by atoms with Crippen molar-refractivity contribution in [1.82, 2.24) is 0 Å². The van der Waals surface area contributed by atoms with Crippen LogP contribution in [0.2, 0.25) is 0 Å². The SMILES string of the molecule is COc1cc2ccccc2cc1C(=O)OCC(=O)Nc1cc([N+](=O)[O-])ccc1C. The van der Waals surface area contributed by atoms with Gasteiger partial charge in [-0.15, -0.1) is 0 Å². The molecular weight excluding hydrogens is 376 g/mol. The first-order valence-electron chi connectivity index (χ1n) is 8.68.